The van der Waals surface area contributed by atoms with Gasteiger partial charge in [-0.05, 0) is 24.6 Å². The van der Waals surface area contributed by atoms with Crippen molar-refractivity contribution in [1.29, 1.82) is 0 Å². The zero-order valence-corrected chi connectivity index (χ0v) is 16.1. The number of hydrogen-bond acceptors (Lipinski definition) is 3. The van der Waals surface area contributed by atoms with Crippen molar-refractivity contribution in [2.75, 3.05) is 6.54 Å². The maximum Gasteiger partial charge on any atom is 0.270 e. The minimum absolute atomic E-state index is 0.258. The molecule has 0 radical (unpaired) electrons. The monoisotopic (exact) mass is 388 g/mol. The molecule has 5 nitrogen and oxygen atoms in total. The third-order valence-corrected chi connectivity index (χ3v) is 4.70. The summed E-state index contributed by atoms with van der Waals surface area (Å²) in [5.41, 5.74) is 3.18. The van der Waals surface area contributed by atoms with Crippen LogP contribution >= 0.6 is 0 Å². The lowest BCUT2D eigenvalue weighted by Gasteiger charge is -2.09. The van der Waals surface area contributed by atoms with Crippen molar-refractivity contribution in [3.8, 4) is 22.5 Å². The van der Waals surface area contributed by atoms with Crippen LogP contribution in [0.25, 0.3) is 28.2 Å². The first-order valence-corrected chi connectivity index (χ1v) is 9.66. The highest BCUT2D eigenvalue weighted by molar-refractivity contribution is 5.94. The first-order valence-electron chi connectivity index (χ1n) is 9.66. The molecule has 0 saturated heterocycles. The van der Waals surface area contributed by atoms with E-state index in [-0.39, 0.29) is 11.7 Å². The highest BCUT2D eigenvalue weighted by Gasteiger charge is 2.18. The van der Waals surface area contributed by atoms with Crippen LogP contribution in [0.1, 0.15) is 30.3 Å². The van der Waals surface area contributed by atoms with Gasteiger partial charge in [0.15, 0.2) is 5.65 Å². The molecular weight excluding hydrogens is 367 g/mol. The number of amides is 1. The third kappa shape index (κ3) is 3.87. The first kappa shape index (κ1) is 18.8. The van der Waals surface area contributed by atoms with E-state index in [0.29, 0.717) is 34.8 Å². The number of rotatable bonds is 6. The Labute approximate surface area is 168 Å². The summed E-state index contributed by atoms with van der Waals surface area (Å²) in [7, 11) is 0. The van der Waals surface area contributed by atoms with E-state index in [1.807, 2.05) is 36.4 Å². The second-order valence-electron chi connectivity index (χ2n) is 6.78. The van der Waals surface area contributed by atoms with Gasteiger partial charge in [0.05, 0.1) is 11.4 Å². The van der Waals surface area contributed by atoms with E-state index in [4.69, 9.17) is 0 Å². The van der Waals surface area contributed by atoms with E-state index in [1.165, 1.54) is 10.6 Å². The molecule has 0 aliphatic rings. The number of nitrogens with zero attached hydrogens (tertiary/aromatic N) is 3. The van der Waals surface area contributed by atoms with Crippen molar-refractivity contribution in [3.05, 3.63) is 78.2 Å². The van der Waals surface area contributed by atoms with Crippen LogP contribution in [0, 0.1) is 5.82 Å². The smallest absolute Gasteiger partial charge is 0.270 e. The molecule has 4 aromatic rings. The van der Waals surface area contributed by atoms with E-state index in [1.54, 1.807) is 24.3 Å². The number of hydrogen-bond donors (Lipinski definition) is 1. The van der Waals surface area contributed by atoms with Gasteiger partial charge in [0.2, 0.25) is 0 Å². The number of carbonyl (C=O) groups excluding carboxylic acids is 1. The Morgan fingerprint density at radius 2 is 1.79 bits per heavy atom. The molecule has 6 heteroatoms. The van der Waals surface area contributed by atoms with Gasteiger partial charge in [0, 0.05) is 23.7 Å². The molecule has 0 aliphatic heterocycles. The van der Waals surface area contributed by atoms with Gasteiger partial charge in [-0.2, -0.15) is 5.10 Å². The van der Waals surface area contributed by atoms with Crippen LogP contribution in [0.5, 0.6) is 0 Å². The van der Waals surface area contributed by atoms with E-state index in [2.05, 4.69) is 22.3 Å². The quantitative estimate of drug-likeness (QED) is 0.486. The molecule has 2 aromatic heterocycles. The molecule has 146 valence electrons. The Morgan fingerprint density at radius 1 is 1.03 bits per heavy atom. The predicted octanol–water partition coefficient (Wildman–Crippen LogP) is 4.73. The molecule has 0 fully saturated rings. The summed E-state index contributed by atoms with van der Waals surface area (Å²) in [5, 5.41) is 7.50. The average molecular weight is 388 g/mol. The summed E-state index contributed by atoms with van der Waals surface area (Å²) in [6, 6.07) is 19.5. The molecule has 2 aromatic carbocycles. The zero-order valence-electron chi connectivity index (χ0n) is 16.1. The highest BCUT2D eigenvalue weighted by Crippen LogP contribution is 2.25. The third-order valence-electron chi connectivity index (χ3n) is 4.70. The SMILES string of the molecule is CCCCNC(=O)c1cc(-c2ccccc2F)nc2cc(-c3ccccc3)nn12. The van der Waals surface area contributed by atoms with Crippen LogP contribution in [0.4, 0.5) is 4.39 Å². The molecule has 0 unspecified atom stereocenters. The highest BCUT2D eigenvalue weighted by atomic mass is 19.1. The van der Waals surface area contributed by atoms with Crippen molar-refractivity contribution >= 4 is 11.6 Å². The van der Waals surface area contributed by atoms with Crippen molar-refractivity contribution in [3.63, 3.8) is 0 Å². The summed E-state index contributed by atoms with van der Waals surface area (Å²) in [4.78, 5) is 17.4. The lowest BCUT2D eigenvalue weighted by atomic mass is 10.1. The Hall–Kier alpha value is -3.54. The van der Waals surface area contributed by atoms with Gasteiger partial charge in [-0.25, -0.2) is 13.9 Å². The molecule has 0 saturated carbocycles. The molecule has 29 heavy (non-hydrogen) atoms. The van der Waals surface area contributed by atoms with E-state index in [9.17, 15) is 9.18 Å². The number of fused-ring (bicyclic) bond motifs is 1. The predicted molar refractivity (Wildman–Crippen MR) is 111 cm³/mol. The number of aromatic nitrogens is 3. The summed E-state index contributed by atoms with van der Waals surface area (Å²) >= 11 is 0. The van der Waals surface area contributed by atoms with Gasteiger partial charge in [0.1, 0.15) is 11.5 Å². The van der Waals surface area contributed by atoms with Crippen LogP contribution < -0.4 is 5.32 Å². The number of halogens is 1. The van der Waals surface area contributed by atoms with Crippen LogP contribution in [0.2, 0.25) is 0 Å². The van der Waals surface area contributed by atoms with Gasteiger partial charge >= 0.3 is 0 Å². The molecule has 0 atom stereocenters. The van der Waals surface area contributed by atoms with Gasteiger partial charge in [0.25, 0.3) is 5.91 Å². The molecular formula is C23H21FN4O. The second-order valence-corrected chi connectivity index (χ2v) is 6.78. The maximum atomic E-state index is 14.4. The number of benzene rings is 2. The van der Waals surface area contributed by atoms with Crippen molar-refractivity contribution in [2.24, 2.45) is 0 Å². The lowest BCUT2D eigenvalue weighted by Crippen LogP contribution is -2.27. The fourth-order valence-electron chi connectivity index (χ4n) is 3.16. The van der Waals surface area contributed by atoms with E-state index in [0.717, 1.165) is 18.4 Å². The normalized spacial score (nSPS) is 11.0. The number of nitrogens with one attached hydrogen (secondary N) is 1. The molecule has 0 aliphatic carbocycles. The molecule has 4 rings (SSSR count). The van der Waals surface area contributed by atoms with Crippen LogP contribution in [0.3, 0.4) is 0 Å². The van der Waals surface area contributed by atoms with Gasteiger partial charge in [-0.15, -0.1) is 0 Å². The van der Waals surface area contributed by atoms with Gasteiger partial charge in [-0.1, -0.05) is 55.8 Å². The van der Waals surface area contributed by atoms with Crippen molar-refractivity contribution < 1.29 is 9.18 Å². The Bertz CT molecular complexity index is 1150. The zero-order chi connectivity index (χ0) is 20.2. The number of unbranched alkanes of at least 4 members (excludes halogenated alkanes) is 1. The topological polar surface area (TPSA) is 59.3 Å². The average Bonchev–Trinajstić information content (AvgIpc) is 3.18. The maximum absolute atomic E-state index is 14.4. The number of carbonyl (C=O) groups is 1. The fraction of sp³-hybridized carbons (Fsp3) is 0.174. The van der Waals surface area contributed by atoms with E-state index < -0.39 is 0 Å². The summed E-state index contributed by atoms with van der Waals surface area (Å²) in [6.07, 6.45) is 1.86. The Morgan fingerprint density at radius 3 is 2.55 bits per heavy atom. The van der Waals surface area contributed by atoms with Crippen molar-refractivity contribution in [2.45, 2.75) is 19.8 Å². The summed E-state index contributed by atoms with van der Waals surface area (Å²) in [6.45, 7) is 2.63. The van der Waals surface area contributed by atoms with Crippen LogP contribution in [-0.2, 0) is 0 Å². The fourth-order valence-corrected chi connectivity index (χ4v) is 3.16. The molecule has 1 N–H and O–H groups in total. The summed E-state index contributed by atoms with van der Waals surface area (Å²) in [5.74, 6) is -0.643. The molecule has 2 heterocycles. The standard InChI is InChI=1S/C23H21FN4O/c1-2-3-13-25-23(29)21-14-20(17-11-7-8-12-18(17)24)26-22-15-19(27-28(21)22)16-9-5-4-6-10-16/h4-12,14-15H,2-3,13H2,1H3,(H,25,29). The summed E-state index contributed by atoms with van der Waals surface area (Å²) < 4.78 is 15.9. The lowest BCUT2D eigenvalue weighted by molar-refractivity contribution is 0.0945. The minimum atomic E-state index is -0.385. The molecule has 0 bridgehead atoms. The Kier molecular flexibility index (Phi) is 5.33. The first-order chi connectivity index (χ1) is 14.2. The van der Waals surface area contributed by atoms with E-state index >= 15 is 0 Å². The van der Waals surface area contributed by atoms with Gasteiger partial charge in [-0.3, -0.25) is 4.79 Å². The second kappa shape index (κ2) is 8.22. The molecule has 1 amide bonds. The van der Waals surface area contributed by atoms with Crippen LogP contribution in [-0.4, -0.2) is 27.0 Å². The largest absolute Gasteiger partial charge is 0.351 e. The van der Waals surface area contributed by atoms with Gasteiger partial charge < -0.3 is 5.32 Å². The van der Waals surface area contributed by atoms with Crippen LogP contribution in [0.15, 0.2) is 66.7 Å². The minimum Gasteiger partial charge on any atom is -0.351 e. The molecule has 0 spiro atoms. The Balaban J connectivity index is 1.86. The van der Waals surface area contributed by atoms with Crippen molar-refractivity contribution in [1.82, 2.24) is 19.9 Å².